The highest BCUT2D eigenvalue weighted by atomic mass is 16.6. The molecule has 0 N–H and O–H groups in total. The van der Waals surface area contributed by atoms with Crippen molar-refractivity contribution < 1.29 is 19.1 Å². The van der Waals surface area contributed by atoms with Gasteiger partial charge in [0.25, 0.3) is 0 Å². The summed E-state index contributed by atoms with van der Waals surface area (Å²) < 4.78 is 11.0. The van der Waals surface area contributed by atoms with Crippen molar-refractivity contribution in [1.29, 1.82) is 0 Å². The van der Waals surface area contributed by atoms with Crippen LogP contribution in [-0.4, -0.2) is 25.9 Å². The number of benzene rings is 2. The molecule has 1 aliphatic carbocycles. The number of hydrogen-bond donors (Lipinski definition) is 0. The first kappa shape index (κ1) is 17.2. The first-order valence-corrected chi connectivity index (χ1v) is 8.21. The Morgan fingerprint density at radius 3 is 2.68 bits per heavy atom. The summed E-state index contributed by atoms with van der Waals surface area (Å²) in [6.07, 6.45) is 2.07. The van der Waals surface area contributed by atoms with Crippen molar-refractivity contribution in [3.8, 4) is 0 Å². The quantitative estimate of drug-likeness (QED) is 0.460. The maximum absolute atomic E-state index is 12.0. The lowest BCUT2D eigenvalue weighted by Gasteiger charge is -2.15. The lowest BCUT2D eigenvalue weighted by molar-refractivity contribution is -0.132. The summed E-state index contributed by atoms with van der Waals surface area (Å²) in [5.74, 6) is -0.541. The largest absolute Gasteiger partial charge is 0.464 e. The SMILES string of the molecule is CO/N=C(/C(=O)OC)c1ccccc1COC1CCc2ccccc21. The first-order chi connectivity index (χ1) is 12.2. The molecule has 0 amide bonds. The van der Waals surface area contributed by atoms with Crippen molar-refractivity contribution in [3.63, 3.8) is 0 Å². The molecule has 5 nitrogen and oxygen atoms in total. The number of oxime groups is 1. The maximum Gasteiger partial charge on any atom is 0.360 e. The van der Waals surface area contributed by atoms with Crippen molar-refractivity contribution in [2.24, 2.45) is 5.16 Å². The highest BCUT2D eigenvalue weighted by Gasteiger charge is 2.24. The van der Waals surface area contributed by atoms with E-state index in [1.807, 2.05) is 30.3 Å². The van der Waals surface area contributed by atoms with Gasteiger partial charge in [-0.1, -0.05) is 53.7 Å². The van der Waals surface area contributed by atoms with Gasteiger partial charge in [0.2, 0.25) is 0 Å². The predicted molar refractivity (Wildman–Crippen MR) is 94.3 cm³/mol. The third kappa shape index (κ3) is 3.72. The van der Waals surface area contributed by atoms with E-state index in [-0.39, 0.29) is 11.8 Å². The van der Waals surface area contributed by atoms with Crippen LogP contribution in [-0.2, 0) is 32.1 Å². The average Bonchev–Trinajstić information content (AvgIpc) is 3.07. The minimum absolute atomic E-state index is 0.0743. The maximum atomic E-state index is 12.0. The fraction of sp³-hybridized carbons (Fsp3) is 0.300. The molecule has 0 saturated heterocycles. The lowest BCUT2D eigenvalue weighted by Crippen LogP contribution is -2.19. The molecule has 2 aromatic rings. The number of aryl methyl sites for hydroxylation is 1. The topological polar surface area (TPSA) is 57.1 Å². The van der Waals surface area contributed by atoms with Crippen molar-refractivity contribution in [2.45, 2.75) is 25.6 Å². The molecule has 0 spiro atoms. The Kier molecular flexibility index (Phi) is 5.46. The van der Waals surface area contributed by atoms with Gasteiger partial charge < -0.3 is 14.3 Å². The average molecular weight is 339 g/mol. The molecule has 1 aliphatic rings. The van der Waals surface area contributed by atoms with E-state index in [2.05, 4.69) is 23.4 Å². The van der Waals surface area contributed by atoms with Gasteiger partial charge in [0, 0.05) is 5.56 Å². The molecule has 0 heterocycles. The van der Waals surface area contributed by atoms with Crippen LogP contribution in [0.25, 0.3) is 0 Å². The van der Waals surface area contributed by atoms with Gasteiger partial charge in [-0.15, -0.1) is 0 Å². The highest BCUT2D eigenvalue weighted by molar-refractivity contribution is 6.43. The molecular formula is C20H21NO4. The molecule has 3 rings (SSSR count). The fourth-order valence-electron chi connectivity index (χ4n) is 3.14. The normalized spacial score (nSPS) is 16.4. The van der Waals surface area contributed by atoms with Crippen LogP contribution in [0.3, 0.4) is 0 Å². The second-order valence-electron chi connectivity index (χ2n) is 5.81. The molecule has 0 aliphatic heterocycles. The van der Waals surface area contributed by atoms with Gasteiger partial charge >= 0.3 is 5.97 Å². The van der Waals surface area contributed by atoms with Crippen molar-refractivity contribution in [1.82, 2.24) is 0 Å². The Morgan fingerprint density at radius 2 is 1.88 bits per heavy atom. The van der Waals surface area contributed by atoms with E-state index >= 15 is 0 Å². The van der Waals surface area contributed by atoms with Gasteiger partial charge in [-0.25, -0.2) is 4.79 Å². The summed E-state index contributed by atoms with van der Waals surface area (Å²) in [5.41, 5.74) is 4.25. The number of carbonyl (C=O) groups excluding carboxylic acids is 1. The molecular weight excluding hydrogens is 318 g/mol. The third-order valence-electron chi connectivity index (χ3n) is 4.35. The highest BCUT2D eigenvalue weighted by Crippen LogP contribution is 2.34. The lowest BCUT2D eigenvalue weighted by atomic mass is 10.0. The number of methoxy groups -OCH3 is 1. The summed E-state index contributed by atoms with van der Waals surface area (Å²) in [4.78, 5) is 16.8. The number of nitrogens with zero attached hydrogens (tertiary/aromatic N) is 1. The van der Waals surface area contributed by atoms with Gasteiger partial charge in [0.1, 0.15) is 7.11 Å². The number of rotatable bonds is 6. The molecule has 0 radical (unpaired) electrons. The molecule has 1 atom stereocenters. The van der Waals surface area contributed by atoms with Crippen LogP contribution in [0.5, 0.6) is 0 Å². The van der Waals surface area contributed by atoms with Crippen molar-refractivity contribution in [2.75, 3.05) is 14.2 Å². The van der Waals surface area contributed by atoms with Crippen LogP contribution >= 0.6 is 0 Å². The summed E-state index contributed by atoms with van der Waals surface area (Å²) >= 11 is 0. The Balaban J connectivity index is 1.80. The molecule has 130 valence electrons. The number of fused-ring (bicyclic) bond motifs is 1. The van der Waals surface area contributed by atoms with Crippen LogP contribution in [0.15, 0.2) is 53.7 Å². The molecule has 25 heavy (non-hydrogen) atoms. The summed E-state index contributed by atoms with van der Waals surface area (Å²) in [7, 11) is 2.72. The van der Waals surface area contributed by atoms with Crippen LogP contribution in [0.1, 0.15) is 34.8 Å². The molecule has 0 bridgehead atoms. The van der Waals surface area contributed by atoms with E-state index in [0.29, 0.717) is 12.2 Å². The van der Waals surface area contributed by atoms with E-state index < -0.39 is 5.97 Å². The van der Waals surface area contributed by atoms with Gasteiger partial charge in [-0.2, -0.15) is 0 Å². The predicted octanol–water partition coefficient (Wildman–Crippen LogP) is 3.41. The Morgan fingerprint density at radius 1 is 1.12 bits per heavy atom. The Hall–Kier alpha value is -2.66. The van der Waals surface area contributed by atoms with Crippen LogP contribution < -0.4 is 0 Å². The van der Waals surface area contributed by atoms with Gasteiger partial charge in [-0.3, -0.25) is 0 Å². The van der Waals surface area contributed by atoms with Crippen LogP contribution in [0, 0.1) is 0 Å². The van der Waals surface area contributed by atoms with E-state index in [9.17, 15) is 4.79 Å². The number of hydrogen-bond acceptors (Lipinski definition) is 5. The second-order valence-corrected chi connectivity index (χ2v) is 5.81. The summed E-state index contributed by atoms with van der Waals surface area (Å²) in [6.45, 7) is 0.384. The van der Waals surface area contributed by atoms with Crippen LogP contribution in [0.2, 0.25) is 0 Å². The number of esters is 1. The second kappa shape index (κ2) is 7.94. The fourth-order valence-corrected chi connectivity index (χ4v) is 3.14. The molecule has 0 saturated carbocycles. The molecule has 2 aromatic carbocycles. The monoisotopic (exact) mass is 339 g/mol. The van der Waals surface area contributed by atoms with E-state index in [0.717, 1.165) is 18.4 Å². The minimum Gasteiger partial charge on any atom is -0.464 e. The standard InChI is InChI=1S/C20H21NO4/c1-23-20(22)19(21-24-2)17-10-6-4-8-15(17)13-25-18-12-11-14-7-3-5-9-16(14)18/h3-10,18H,11-13H2,1-2H3/b21-19+. The third-order valence-corrected chi connectivity index (χ3v) is 4.35. The van der Waals surface area contributed by atoms with Crippen LogP contribution in [0.4, 0.5) is 0 Å². The number of ether oxygens (including phenoxy) is 2. The Bertz CT molecular complexity index is 785. The number of carbonyl (C=O) groups is 1. The molecule has 5 heteroatoms. The van der Waals surface area contributed by atoms with Crippen molar-refractivity contribution in [3.05, 3.63) is 70.8 Å². The molecule has 1 unspecified atom stereocenters. The Labute approximate surface area is 147 Å². The van der Waals surface area contributed by atoms with E-state index in [1.54, 1.807) is 0 Å². The van der Waals surface area contributed by atoms with E-state index in [4.69, 9.17) is 14.3 Å². The van der Waals surface area contributed by atoms with Gasteiger partial charge in [0.15, 0.2) is 5.71 Å². The zero-order valence-electron chi connectivity index (χ0n) is 14.4. The zero-order chi connectivity index (χ0) is 17.6. The molecule has 0 fully saturated rings. The first-order valence-electron chi connectivity index (χ1n) is 8.21. The summed E-state index contributed by atoms with van der Waals surface area (Å²) in [6, 6.07) is 15.8. The molecule has 0 aromatic heterocycles. The zero-order valence-corrected chi connectivity index (χ0v) is 14.4. The van der Waals surface area contributed by atoms with Gasteiger partial charge in [0.05, 0.1) is 19.8 Å². The smallest absolute Gasteiger partial charge is 0.360 e. The van der Waals surface area contributed by atoms with Crippen molar-refractivity contribution >= 4 is 11.7 Å². The van der Waals surface area contributed by atoms with Gasteiger partial charge in [-0.05, 0) is 29.5 Å². The summed E-state index contributed by atoms with van der Waals surface area (Å²) in [5, 5.41) is 3.83. The van der Waals surface area contributed by atoms with E-state index in [1.165, 1.54) is 25.3 Å². The minimum atomic E-state index is -0.541.